The van der Waals surface area contributed by atoms with Crippen LogP contribution in [0.15, 0.2) is 58.4 Å². The number of amides is 2. The Morgan fingerprint density at radius 3 is 2.57 bits per heavy atom. The number of ether oxygens (including phenoxy) is 3. The second kappa shape index (κ2) is 15.3. The Hall–Kier alpha value is -3.36. The SMILES string of the molecule is CC(=NCC(C)(C)C)C1C(=O)Nc2ccc(S(=O)(=O)N(CC(C)C)CC(O)C(Cc3ccccc3)NC(=O)OC3COC4OCCC34)cc21. The third kappa shape index (κ3) is 9.06. The molecule has 2 aromatic carbocycles. The first-order valence-electron chi connectivity index (χ1n) is 17.0. The van der Waals surface area contributed by atoms with Gasteiger partial charge in [-0.3, -0.25) is 9.79 Å². The van der Waals surface area contributed by atoms with Crippen molar-refractivity contribution in [1.82, 2.24) is 9.62 Å². The Morgan fingerprint density at radius 2 is 1.88 bits per heavy atom. The van der Waals surface area contributed by atoms with Gasteiger partial charge in [0, 0.05) is 31.0 Å². The quantitative estimate of drug-likeness (QED) is 0.261. The number of aliphatic hydroxyl groups is 1. The van der Waals surface area contributed by atoms with E-state index in [1.54, 1.807) is 13.0 Å². The lowest BCUT2D eigenvalue weighted by atomic mass is 9.94. The van der Waals surface area contributed by atoms with Crippen molar-refractivity contribution in [1.29, 1.82) is 0 Å². The maximum Gasteiger partial charge on any atom is 0.407 e. The average molecular weight is 699 g/mol. The van der Waals surface area contributed by atoms with E-state index in [4.69, 9.17) is 14.2 Å². The number of nitrogens with zero attached hydrogens (tertiary/aromatic N) is 2. The summed E-state index contributed by atoms with van der Waals surface area (Å²) >= 11 is 0. The lowest BCUT2D eigenvalue weighted by molar-refractivity contribution is -0.115. The molecule has 268 valence electrons. The Morgan fingerprint density at radius 1 is 1.14 bits per heavy atom. The second-order valence-corrected chi connectivity index (χ2v) is 16.8. The van der Waals surface area contributed by atoms with Crippen LogP contribution in [0, 0.1) is 17.3 Å². The third-order valence-electron chi connectivity index (χ3n) is 8.98. The van der Waals surface area contributed by atoms with Crippen LogP contribution < -0.4 is 10.6 Å². The van der Waals surface area contributed by atoms with Crippen LogP contribution in [0.4, 0.5) is 10.5 Å². The molecular weight excluding hydrogens is 648 g/mol. The summed E-state index contributed by atoms with van der Waals surface area (Å²) in [6, 6.07) is 13.1. The molecule has 3 heterocycles. The van der Waals surface area contributed by atoms with Gasteiger partial charge in [0.1, 0.15) is 12.0 Å². The summed E-state index contributed by atoms with van der Waals surface area (Å²) in [7, 11) is -4.16. The van der Waals surface area contributed by atoms with Gasteiger partial charge >= 0.3 is 6.09 Å². The van der Waals surface area contributed by atoms with E-state index in [2.05, 4.69) is 36.4 Å². The fourth-order valence-corrected chi connectivity index (χ4v) is 8.11. The monoisotopic (exact) mass is 698 g/mol. The molecule has 6 unspecified atom stereocenters. The molecule has 0 spiro atoms. The molecule has 49 heavy (non-hydrogen) atoms. The summed E-state index contributed by atoms with van der Waals surface area (Å²) in [6.45, 7) is 12.9. The number of fused-ring (bicyclic) bond motifs is 2. The van der Waals surface area contributed by atoms with E-state index in [1.165, 1.54) is 16.4 Å². The average Bonchev–Trinajstić information content (AvgIpc) is 3.74. The molecular formula is C36H50N4O8S. The summed E-state index contributed by atoms with van der Waals surface area (Å²) < 4.78 is 46.7. The predicted molar refractivity (Wildman–Crippen MR) is 186 cm³/mol. The second-order valence-electron chi connectivity index (χ2n) is 14.9. The summed E-state index contributed by atoms with van der Waals surface area (Å²) in [5, 5.41) is 17.3. The van der Waals surface area contributed by atoms with Gasteiger partial charge in [-0.15, -0.1) is 0 Å². The molecule has 0 saturated carbocycles. The molecule has 12 nitrogen and oxygen atoms in total. The van der Waals surface area contributed by atoms with Crippen LogP contribution in [0.25, 0.3) is 0 Å². The van der Waals surface area contributed by atoms with Crippen molar-refractivity contribution in [2.24, 2.45) is 22.2 Å². The van der Waals surface area contributed by atoms with Crippen molar-refractivity contribution in [3.8, 4) is 0 Å². The van der Waals surface area contributed by atoms with Gasteiger partial charge in [0.25, 0.3) is 0 Å². The van der Waals surface area contributed by atoms with E-state index in [1.807, 2.05) is 44.2 Å². The van der Waals surface area contributed by atoms with Gasteiger partial charge in [0.15, 0.2) is 6.29 Å². The number of alkyl carbamates (subject to hydrolysis) is 1. The van der Waals surface area contributed by atoms with Crippen LogP contribution >= 0.6 is 0 Å². The number of aliphatic imine (C=N–C) groups is 1. The van der Waals surface area contributed by atoms with Gasteiger partial charge in [-0.1, -0.05) is 65.0 Å². The molecule has 0 radical (unpaired) electrons. The van der Waals surface area contributed by atoms with E-state index in [9.17, 15) is 23.1 Å². The number of benzene rings is 2. The number of aliphatic hydroxyl groups excluding tert-OH is 1. The molecule has 2 amide bonds. The van der Waals surface area contributed by atoms with Gasteiger partial charge in [-0.25, -0.2) is 13.2 Å². The highest BCUT2D eigenvalue weighted by Crippen LogP contribution is 2.37. The van der Waals surface area contributed by atoms with Crippen molar-refractivity contribution in [3.63, 3.8) is 0 Å². The fraction of sp³-hybridized carbons (Fsp3) is 0.583. The van der Waals surface area contributed by atoms with E-state index < -0.39 is 40.3 Å². The molecule has 2 aromatic rings. The lowest BCUT2D eigenvalue weighted by Crippen LogP contribution is -2.51. The number of sulfonamides is 1. The highest BCUT2D eigenvalue weighted by molar-refractivity contribution is 7.89. The first-order chi connectivity index (χ1) is 23.1. The van der Waals surface area contributed by atoms with Gasteiger partial charge in [-0.2, -0.15) is 4.31 Å². The van der Waals surface area contributed by atoms with Gasteiger partial charge in [0.05, 0.1) is 36.2 Å². The summed E-state index contributed by atoms with van der Waals surface area (Å²) in [5.41, 5.74) is 2.47. The smallest absolute Gasteiger partial charge is 0.407 e. The zero-order valence-electron chi connectivity index (χ0n) is 29.2. The van der Waals surface area contributed by atoms with Crippen LogP contribution in [-0.4, -0.2) is 92.9 Å². The van der Waals surface area contributed by atoms with E-state index >= 15 is 0 Å². The van der Waals surface area contributed by atoms with Gasteiger partial charge in [0.2, 0.25) is 15.9 Å². The predicted octanol–water partition coefficient (Wildman–Crippen LogP) is 4.34. The molecule has 0 bridgehead atoms. The minimum absolute atomic E-state index is 0.00534. The molecule has 5 rings (SSSR count). The molecule has 2 fully saturated rings. The minimum Gasteiger partial charge on any atom is -0.443 e. The zero-order chi connectivity index (χ0) is 35.5. The number of rotatable bonds is 13. The van der Waals surface area contributed by atoms with E-state index in [-0.39, 0.29) is 60.5 Å². The Labute approximate surface area is 289 Å². The molecule has 3 aliphatic rings. The number of carbonyl (C=O) groups excluding carboxylic acids is 2. The molecule has 0 aliphatic carbocycles. The minimum atomic E-state index is -4.16. The molecule has 3 aliphatic heterocycles. The van der Waals surface area contributed by atoms with E-state index in [0.29, 0.717) is 30.1 Å². The standard InChI is InChI=1S/C36H50N4O8S/c1-22(2)18-40(49(44,45)25-12-13-28-27(17-25)32(33(42)38-28)23(3)37-21-36(4,5)6)19-30(41)29(16-24-10-8-7-9-11-24)39-35(43)48-31-20-47-34-26(31)14-15-46-34/h7-13,17,22,26,29-32,34,41H,14-16,18-21H2,1-6H3,(H,38,42)(H,39,43). The summed E-state index contributed by atoms with van der Waals surface area (Å²) in [4.78, 5) is 30.9. The first kappa shape index (κ1) is 36.9. The summed E-state index contributed by atoms with van der Waals surface area (Å²) in [6.07, 6.45) is -1.92. The molecule has 0 aromatic heterocycles. The first-order valence-corrected chi connectivity index (χ1v) is 18.4. The van der Waals surface area contributed by atoms with Crippen molar-refractivity contribution in [3.05, 3.63) is 59.7 Å². The van der Waals surface area contributed by atoms with Crippen LogP contribution in [0.5, 0.6) is 0 Å². The summed E-state index contributed by atoms with van der Waals surface area (Å²) in [5.74, 6) is -1.09. The normalized spacial score (nSPS) is 23.7. The largest absolute Gasteiger partial charge is 0.443 e. The van der Waals surface area contributed by atoms with Crippen molar-refractivity contribution < 1.29 is 37.3 Å². The molecule has 13 heteroatoms. The zero-order valence-corrected chi connectivity index (χ0v) is 30.0. The Balaban J connectivity index is 1.37. The maximum absolute atomic E-state index is 14.3. The maximum atomic E-state index is 14.3. The third-order valence-corrected chi connectivity index (χ3v) is 10.8. The molecule has 3 N–H and O–H groups in total. The van der Waals surface area contributed by atoms with E-state index in [0.717, 1.165) is 12.0 Å². The molecule has 2 saturated heterocycles. The number of hydrogen-bond acceptors (Lipinski definition) is 9. The van der Waals surface area contributed by atoms with Crippen molar-refractivity contribution in [2.75, 3.05) is 38.2 Å². The van der Waals surface area contributed by atoms with Crippen molar-refractivity contribution >= 4 is 33.4 Å². The number of nitrogens with one attached hydrogen (secondary N) is 2. The number of carbonyl (C=O) groups is 2. The van der Waals surface area contributed by atoms with Crippen LogP contribution in [-0.2, 0) is 35.4 Å². The number of hydrogen-bond donors (Lipinski definition) is 3. The van der Waals surface area contributed by atoms with Crippen LogP contribution in [0.2, 0.25) is 0 Å². The topological polar surface area (TPSA) is 156 Å². The van der Waals surface area contributed by atoms with Gasteiger partial charge in [-0.05, 0) is 60.4 Å². The van der Waals surface area contributed by atoms with Gasteiger partial charge < -0.3 is 30.0 Å². The van der Waals surface area contributed by atoms with Crippen molar-refractivity contribution in [2.45, 2.75) is 89.7 Å². The highest BCUT2D eigenvalue weighted by Gasteiger charge is 2.44. The van der Waals surface area contributed by atoms with Crippen LogP contribution in [0.1, 0.15) is 65.0 Å². The Kier molecular flexibility index (Phi) is 11.5. The highest BCUT2D eigenvalue weighted by atomic mass is 32.2. The Bertz CT molecular complexity index is 1630. The molecule has 6 atom stereocenters. The lowest BCUT2D eigenvalue weighted by Gasteiger charge is -2.31. The number of anilines is 1. The fourth-order valence-electron chi connectivity index (χ4n) is 6.45. The van der Waals surface area contributed by atoms with Crippen LogP contribution in [0.3, 0.4) is 0 Å².